The summed E-state index contributed by atoms with van der Waals surface area (Å²) in [4.78, 5) is 63.2. The molecule has 2 saturated heterocycles. The fourth-order valence-corrected chi connectivity index (χ4v) is 7.65. The summed E-state index contributed by atoms with van der Waals surface area (Å²) in [5.41, 5.74) is 4.32. The molecule has 15 nitrogen and oxygen atoms in total. The summed E-state index contributed by atoms with van der Waals surface area (Å²) in [6.07, 6.45) is 0.404. The fourth-order valence-electron chi connectivity index (χ4n) is 7.65. The van der Waals surface area contributed by atoms with Gasteiger partial charge in [-0.1, -0.05) is 36.4 Å². The molecule has 4 aliphatic heterocycles. The molecular weight excluding hydrogens is 739 g/mol. The van der Waals surface area contributed by atoms with Crippen molar-refractivity contribution in [2.24, 2.45) is 0 Å². The lowest BCUT2D eigenvalue weighted by atomic mass is 10.0. The van der Waals surface area contributed by atoms with E-state index in [9.17, 15) is 33.8 Å². The van der Waals surface area contributed by atoms with E-state index in [-0.39, 0.29) is 23.6 Å². The van der Waals surface area contributed by atoms with Gasteiger partial charge in [-0.25, -0.2) is 19.2 Å². The number of aromatic nitrogens is 4. The van der Waals surface area contributed by atoms with Crippen LogP contribution in [0.5, 0.6) is 11.5 Å². The number of anilines is 2. The zero-order valence-electron chi connectivity index (χ0n) is 31.1. The van der Waals surface area contributed by atoms with Gasteiger partial charge >= 0.3 is 5.97 Å². The maximum atomic E-state index is 13.1. The first-order valence-corrected chi connectivity index (χ1v) is 18.6. The molecule has 0 amide bonds. The number of ether oxygens (including phenoxy) is 3. The van der Waals surface area contributed by atoms with Gasteiger partial charge in [0.2, 0.25) is 11.5 Å². The monoisotopic (exact) mass is 778 g/mol. The summed E-state index contributed by atoms with van der Waals surface area (Å²) < 4.78 is 31.4. The van der Waals surface area contributed by atoms with Crippen LogP contribution in [-0.4, -0.2) is 101 Å². The summed E-state index contributed by atoms with van der Waals surface area (Å²) in [5, 5.41) is 20.5. The lowest BCUT2D eigenvalue weighted by Gasteiger charge is -2.30. The number of halogens is 1. The highest BCUT2D eigenvalue weighted by Gasteiger charge is 2.32. The van der Waals surface area contributed by atoms with Crippen LogP contribution >= 0.6 is 0 Å². The SMILES string of the molecule is COC(=O)c1nc2n(c(=O)c1O)Cc1cccc(N3CCOCC3)c1-2.O=C(CCc1ccc(F)cc1)c1nc2n(c(=O)c1O)Cc1cccc(N3CCOCC3)c1-2. The third kappa shape index (κ3) is 7.02. The van der Waals surface area contributed by atoms with Crippen LogP contribution in [0.2, 0.25) is 0 Å². The minimum Gasteiger partial charge on any atom is -0.501 e. The number of nitrogens with zero attached hydrogens (tertiary/aromatic N) is 6. The Balaban J connectivity index is 0.000000165. The molecule has 0 unspecified atom stereocenters. The van der Waals surface area contributed by atoms with E-state index < -0.39 is 34.4 Å². The molecule has 2 N–H and O–H groups in total. The van der Waals surface area contributed by atoms with E-state index in [4.69, 9.17) is 9.47 Å². The number of Topliss-reactive ketones (excluding diaryl/α,β-unsaturated/α-hetero) is 1. The minimum absolute atomic E-state index is 0.0487. The number of hydrogen-bond donors (Lipinski definition) is 2. The first-order chi connectivity index (χ1) is 27.6. The van der Waals surface area contributed by atoms with E-state index in [1.54, 1.807) is 12.1 Å². The van der Waals surface area contributed by atoms with Crippen LogP contribution < -0.4 is 20.9 Å². The zero-order chi connectivity index (χ0) is 39.8. The number of morpholine rings is 2. The Bertz CT molecular complexity index is 2510. The van der Waals surface area contributed by atoms with E-state index in [1.165, 1.54) is 28.4 Å². The van der Waals surface area contributed by atoms with Crippen LogP contribution in [0.15, 0.2) is 70.3 Å². The molecule has 0 spiro atoms. The topological polar surface area (TPSA) is 179 Å². The number of aromatic hydroxyl groups is 2. The lowest BCUT2D eigenvalue weighted by molar-refractivity contribution is 0.0589. The molecule has 0 saturated carbocycles. The Morgan fingerprint density at radius 1 is 0.719 bits per heavy atom. The molecule has 2 aromatic heterocycles. The number of rotatable bonds is 7. The second-order valence-corrected chi connectivity index (χ2v) is 13.9. The van der Waals surface area contributed by atoms with E-state index in [0.29, 0.717) is 57.6 Å². The van der Waals surface area contributed by atoms with Crippen LogP contribution in [0.25, 0.3) is 22.8 Å². The highest BCUT2D eigenvalue weighted by Crippen LogP contribution is 2.40. The Morgan fingerprint density at radius 3 is 1.68 bits per heavy atom. The summed E-state index contributed by atoms with van der Waals surface area (Å²) in [6.45, 7) is 6.03. The lowest BCUT2D eigenvalue weighted by Crippen LogP contribution is -2.36. The van der Waals surface area contributed by atoms with Crippen molar-refractivity contribution in [3.8, 4) is 34.3 Å². The molecule has 9 rings (SSSR count). The number of methoxy groups -OCH3 is 1. The van der Waals surface area contributed by atoms with Gasteiger partial charge in [-0.2, -0.15) is 0 Å². The van der Waals surface area contributed by atoms with E-state index in [2.05, 4.69) is 24.5 Å². The van der Waals surface area contributed by atoms with E-state index in [0.717, 1.165) is 65.4 Å². The third-order valence-electron chi connectivity index (χ3n) is 10.6. The minimum atomic E-state index is -0.838. The van der Waals surface area contributed by atoms with Gasteiger partial charge in [0.15, 0.2) is 17.2 Å². The molecule has 0 aliphatic carbocycles. The number of carbonyl (C=O) groups excluding carboxylic acids is 2. The van der Waals surface area contributed by atoms with Crippen molar-refractivity contribution >= 4 is 23.1 Å². The Kier molecular flexibility index (Phi) is 10.3. The van der Waals surface area contributed by atoms with Gasteiger partial charge < -0.3 is 34.2 Å². The molecule has 3 aromatic carbocycles. The Morgan fingerprint density at radius 2 is 1.19 bits per heavy atom. The van der Waals surface area contributed by atoms with Crippen molar-refractivity contribution in [2.75, 3.05) is 69.5 Å². The fraction of sp³-hybridized carbons (Fsp3) is 0.317. The maximum Gasteiger partial charge on any atom is 0.360 e. The van der Waals surface area contributed by atoms with Gasteiger partial charge in [-0.05, 0) is 47.4 Å². The third-order valence-corrected chi connectivity index (χ3v) is 10.6. The van der Waals surface area contributed by atoms with Crippen molar-refractivity contribution in [3.05, 3.63) is 115 Å². The smallest absolute Gasteiger partial charge is 0.360 e. The summed E-state index contributed by atoms with van der Waals surface area (Å²) in [7, 11) is 1.18. The van der Waals surface area contributed by atoms with E-state index in [1.807, 2.05) is 36.4 Å². The standard InChI is InChI=1S/C24H22FN3O4.C17H17N3O5/c25-17-7-4-15(5-8-17)6-9-19(29)21-22(30)24(31)28-14-16-2-1-3-18(20(16)23(28)26-21)27-10-12-32-13-11-27;1-24-17(23)13-14(21)16(22)20-9-10-3-2-4-11(12(10)15(20)18-13)19-5-7-25-8-6-19/h1-5,7-8,30H,6,9-14H2;2-4,21H,5-9H2,1H3. The van der Waals surface area contributed by atoms with Crippen LogP contribution in [0.1, 0.15) is 44.1 Å². The first kappa shape index (κ1) is 37.5. The molecule has 0 atom stereocenters. The quantitative estimate of drug-likeness (QED) is 0.178. The van der Waals surface area contributed by atoms with Gasteiger partial charge in [0.05, 0.1) is 46.6 Å². The summed E-state index contributed by atoms with van der Waals surface area (Å²) in [5.74, 6) is -2.15. The number of ketones is 1. The number of hydrogen-bond acceptors (Lipinski definition) is 13. The van der Waals surface area contributed by atoms with Gasteiger partial charge in [-0.3, -0.25) is 23.5 Å². The Labute approximate surface area is 325 Å². The number of fused-ring (bicyclic) bond motifs is 6. The van der Waals surface area contributed by atoms with Gasteiger partial charge in [0.1, 0.15) is 17.5 Å². The molecule has 0 bridgehead atoms. The van der Waals surface area contributed by atoms with Crippen molar-refractivity contribution in [1.82, 2.24) is 19.1 Å². The molecule has 16 heteroatoms. The average Bonchev–Trinajstić information content (AvgIpc) is 3.82. The molecule has 6 heterocycles. The highest BCUT2D eigenvalue weighted by molar-refractivity contribution is 5.97. The molecular formula is C41H39FN6O9. The van der Waals surface area contributed by atoms with Gasteiger partial charge in [-0.15, -0.1) is 0 Å². The normalized spacial score (nSPS) is 15.2. The highest BCUT2D eigenvalue weighted by atomic mass is 19.1. The van der Waals surface area contributed by atoms with Crippen LogP contribution in [0.4, 0.5) is 15.8 Å². The summed E-state index contributed by atoms with van der Waals surface area (Å²) in [6, 6.07) is 17.6. The molecule has 2 fully saturated rings. The zero-order valence-corrected chi connectivity index (χ0v) is 31.1. The second-order valence-electron chi connectivity index (χ2n) is 13.9. The maximum absolute atomic E-state index is 13.1. The van der Waals surface area contributed by atoms with Crippen LogP contribution in [0, 0.1) is 5.82 Å². The first-order valence-electron chi connectivity index (χ1n) is 18.6. The Hall–Kier alpha value is -6.39. The predicted molar refractivity (Wildman–Crippen MR) is 206 cm³/mol. The molecule has 57 heavy (non-hydrogen) atoms. The second kappa shape index (κ2) is 15.6. The molecule has 294 valence electrons. The molecule has 4 aliphatic rings. The average molecular weight is 779 g/mol. The van der Waals surface area contributed by atoms with Gasteiger partial charge in [0.25, 0.3) is 11.1 Å². The number of benzene rings is 3. The molecule has 0 radical (unpaired) electrons. The molecule has 5 aromatic rings. The van der Waals surface area contributed by atoms with Crippen molar-refractivity contribution in [2.45, 2.75) is 25.9 Å². The van der Waals surface area contributed by atoms with E-state index >= 15 is 0 Å². The van der Waals surface area contributed by atoms with Crippen LogP contribution in [0.3, 0.4) is 0 Å². The van der Waals surface area contributed by atoms with Crippen LogP contribution in [-0.2, 0) is 33.7 Å². The predicted octanol–water partition coefficient (Wildman–Crippen LogP) is 3.37. The van der Waals surface area contributed by atoms with Crippen molar-refractivity contribution in [1.29, 1.82) is 0 Å². The van der Waals surface area contributed by atoms with Crippen molar-refractivity contribution in [3.63, 3.8) is 0 Å². The largest absolute Gasteiger partial charge is 0.501 e. The number of aryl methyl sites for hydroxylation is 1. The number of esters is 1. The summed E-state index contributed by atoms with van der Waals surface area (Å²) >= 11 is 0. The van der Waals surface area contributed by atoms with Crippen molar-refractivity contribution < 1.29 is 38.4 Å². The van der Waals surface area contributed by atoms with Gasteiger partial charge in [0, 0.05) is 55.1 Å². The number of carbonyl (C=O) groups is 2.